The molecule has 2 aromatic rings. The molecule has 1 aromatic heterocycles. The molecule has 2 nitrogen and oxygen atoms in total. The lowest BCUT2D eigenvalue weighted by Crippen LogP contribution is -2.16. The van der Waals surface area contributed by atoms with Crippen LogP contribution < -0.4 is 10.6 Å². The Morgan fingerprint density at radius 1 is 1.35 bits per heavy atom. The summed E-state index contributed by atoms with van der Waals surface area (Å²) in [6.07, 6.45) is 0. The number of anilines is 1. The number of rotatable bonds is 4. The van der Waals surface area contributed by atoms with Crippen LogP contribution in [-0.4, -0.2) is 7.05 Å². The summed E-state index contributed by atoms with van der Waals surface area (Å²) in [4.78, 5) is 2.02. The van der Waals surface area contributed by atoms with Gasteiger partial charge >= 0.3 is 0 Å². The van der Waals surface area contributed by atoms with E-state index in [9.17, 15) is 4.39 Å². The van der Waals surface area contributed by atoms with Crippen LogP contribution in [0.5, 0.6) is 0 Å². The van der Waals surface area contributed by atoms with Gasteiger partial charge < -0.3 is 10.6 Å². The first-order valence-corrected chi connectivity index (χ1v) is 6.35. The van der Waals surface area contributed by atoms with E-state index in [1.165, 1.54) is 11.6 Å². The number of benzene rings is 1. The highest BCUT2D eigenvalue weighted by Gasteiger charge is 2.06. The van der Waals surface area contributed by atoms with Crippen LogP contribution in [0.4, 0.5) is 10.1 Å². The molecule has 0 atom stereocenters. The molecule has 17 heavy (non-hydrogen) atoms. The standard InChI is InChI=1S/C13H15FN2S/c1-16(8-10-4-5-17-9-10)12-3-2-11(7-15)13(14)6-12/h2-6,9H,7-8,15H2,1H3. The van der Waals surface area contributed by atoms with Crippen molar-refractivity contribution in [3.05, 3.63) is 52.0 Å². The van der Waals surface area contributed by atoms with Crippen molar-refractivity contribution in [3.8, 4) is 0 Å². The van der Waals surface area contributed by atoms with Crippen LogP contribution in [0.3, 0.4) is 0 Å². The van der Waals surface area contributed by atoms with E-state index in [-0.39, 0.29) is 12.4 Å². The van der Waals surface area contributed by atoms with Crippen molar-refractivity contribution in [3.63, 3.8) is 0 Å². The predicted molar refractivity (Wildman–Crippen MR) is 70.7 cm³/mol. The second-order valence-corrected chi connectivity index (χ2v) is 4.75. The first-order chi connectivity index (χ1) is 8.20. The summed E-state index contributed by atoms with van der Waals surface area (Å²) in [5.74, 6) is -0.234. The number of thiophene rings is 1. The lowest BCUT2D eigenvalue weighted by molar-refractivity contribution is 0.610. The highest BCUT2D eigenvalue weighted by atomic mass is 32.1. The summed E-state index contributed by atoms with van der Waals surface area (Å²) >= 11 is 1.67. The molecule has 4 heteroatoms. The molecule has 0 bridgehead atoms. The second kappa shape index (κ2) is 5.29. The third kappa shape index (κ3) is 2.84. The van der Waals surface area contributed by atoms with Gasteiger partial charge in [0.25, 0.3) is 0 Å². The smallest absolute Gasteiger partial charge is 0.129 e. The topological polar surface area (TPSA) is 29.3 Å². The molecule has 0 fully saturated rings. The van der Waals surface area contributed by atoms with Gasteiger partial charge in [0.05, 0.1) is 0 Å². The molecule has 0 spiro atoms. The molecule has 0 amide bonds. The van der Waals surface area contributed by atoms with E-state index in [0.717, 1.165) is 12.2 Å². The van der Waals surface area contributed by atoms with Crippen molar-refractivity contribution in [1.82, 2.24) is 0 Å². The monoisotopic (exact) mass is 250 g/mol. The largest absolute Gasteiger partial charge is 0.370 e. The summed E-state index contributed by atoms with van der Waals surface area (Å²) in [7, 11) is 1.95. The van der Waals surface area contributed by atoms with Gasteiger partial charge in [-0.05, 0) is 34.5 Å². The summed E-state index contributed by atoms with van der Waals surface area (Å²) in [5, 5.41) is 4.14. The zero-order chi connectivity index (χ0) is 12.3. The molecule has 0 aliphatic carbocycles. The molecular formula is C13H15FN2S. The summed E-state index contributed by atoms with van der Waals surface area (Å²) in [6, 6.07) is 7.26. The normalized spacial score (nSPS) is 10.5. The highest BCUT2D eigenvalue weighted by Crippen LogP contribution is 2.20. The van der Waals surface area contributed by atoms with Gasteiger partial charge in [-0.3, -0.25) is 0 Å². The van der Waals surface area contributed by atoms with Crippen molar-refractivity contribution >= 4 is 17.0 Å². The lowest BCUT2D eigenvalue weighted by atomic mass is 10.2. The molecule has 0 saturated carbocycles. The number of nitrogens with two attached hydrogens (primary N) is 1. The molecule has 0 radical (unpaired) electrons. The minimum Gasteiger partial charge on any atom is -0.370 e. The van der Waals surface area contributed by atoms with Crippen molar-refractivity contribution < 1.29 is 4.39 Å². The van der Waals surface area contributed by atoms with E-state index in [4.69, 9.17) is 5.73 Å². The molecule has 0 aliphatic heterocycles. The molecule has 0 saturated heterocycles. The number of halogens is 1. The molecule has 0 unspecified atom stereocenters. The van der Waals surface area contributed by atoms with E-state index < -0.39 is 0 Å². The quantitative estimate of drug-likeness (QED) is 0.904. The fourth-order valence-electron chi connectivity index (χ4n) is 1.69. The van der Waals surface area contributed by atoms with Gasteiger partial charge in [-0.1, -0.05) is 6.07 Å². The lowest BCUT2D eigenvalue weighted by Gasteiger charge is -2.19. The van der Waals surface area contributed by atoms with Crippen LogP contribution in [0.2, 0.25) is 0 Å². The summed E-state index contributed by atoms with van der Waals surface area (Å²) in [6.45, 7) is 1.02. The van der Waals surface area contributed by atoms with Crippen LogP contribution in [-0.2, 0) is 13.1 Å². The molecule has 0 aliphatic rings. The van der Waals surface area contributed by atoms with E-state index >= 15 is 0 Å². The predicted octanol–water partition coefficient (Wildman–Crippen LogP) is 2.98. The Balaban J connectivity index is 2.14. The van der Waals surface area contributed by atoms with Crippen molar-refractivity contribution in [2.45, 2.75) is 13.1 Å². The van der Waals surface area contributed by atoms with Gasteiger partial charge in [0, 0.05) is 31.4 Å². The zero-order valence-corrected chi connectivity index (χ0v) is 10.5. The molecule has 2 N–H and O–H groups in total. The molecule has 1 heterocycles. The van der Waals surface area contributed by atoms with Crippen LogP contribution in [0.15, 0.2) is 35.0 Å². The Labute approximate surface area is 104 Å². The van der Waals surface area contributed by atoms with Gasteiger partial charge in [0.15, 0.2) is 0 Å². The van der Waals surface area contributed by atoms with Crippen LogP contribution >= 0.6 is 11.3 Å². The SMILES string of the molecule is CN(Cc1ccsc1)c1ccc(CN)c(F)c1. The third-order valence-corrected chi connectivity index (χ3v) is 3.43. The fraction of sp³-hybridized carbons (Fsp3) is 0.231. The van der Waals surface area contributed by atoms with Gasteiger partial charge in [0.1, 0.15) is 5.82 Å². The van der Waals surface area contributed by atoms with Gasteiger partial charge in [0.2, 0.25) is 0 Å². The maximum absolute atomic E-state index is 13.6. The minimum absolute atomic E-state index is 0.234. The number of hydrogen-bond donors (Lipinski definition) is 1. The number of nitrogens with zero attached hydrogens (tertiary/aromatic N) is 1. The maximum Gasteiger partial charge on any atom is 0.129 e. The van der Waals surface area contributed by atoms with Gasteiger partial charge in [-0.25, -0.2) is 4.39 Å². The van der Waals surface area contributed by atoms with Gasteiger partial charge in [-0.15, -0.1) is 0 Å². The number of hydrogen-bond acceptors (Lipinski definition) is 3. The maximum atomic E-state index is 13.6. The summed E-state index contributed by atoms with van der Waals surface area (Å²) in [5.41, 5.74) is 8.09. The third-order valence-electron chi connectivity index (χ3n) is 2.70. The fourth-order valence-corrected chi connectivity index (χ4v) is 2.35. The Kier molecular flexibility index (Phi) is 3.76. The van der Waals surface area contributed by atoms with Crippen LogP contribution in [0, 0.1) is 5.82 Å². The first kappa shape index (κ1) is 12.1. The van der Waals surface area contributed by atoms with E-state index in [0.29, 0.717) is 5.56 Å². The molecule has 1 aromatic carbocycles. The Hall–Kier alpha value is -1.39. The first-order valence-electron chi connectivity index (χ1n) is 5.41. The van der Waals surface area contributed by atoms with E-state index in [1.54, 1.807) is 17.4 Å². The Morgan fingerprint density at radius 3 is 2.76 bits per heavy atom. The van der Waals surface area contributed by atoms with E-state index in [2.05, 4.69) is 11.4 Å². The minimum atomic E-state index is -0.234. The molecule has 90 valence electrons. The van der Waals surface area contributed by atoms with Crippen molar-refractivity contribution in [2.75, 3.05) is 11.9 Å². The van der Waals surface area contributed by atoms with Crippen molar-refractivity contribution in [1.29, 1.82) is 0 Å². The van der Waals surface area contributed by atoms with Crippen LogP contribution in [0.1, 0.15) is 11.1 Å². The average molecular weight is 250 g/mol. The second-order valence-electron chi connectivity index (χ2n) is 3.97. The highest BCUT2D eigenvalue weighted by molar-refractivity contribution is 7.07. The molecular weight excluding hydrogens is 235 g/mol. The zero-order valence-electron chi connectivity index (χ0n) is 9.69. The Bertz CT molecular complexity index is 482. The van der Waals surface area contributed by atoms with Crippen molar-refractivity contribution in [2.24, 2.45) is 5.73 Å². The van der Waals surface area contributed by atoms with Gasteiger partial charge in [-0.2, -0.15) is 11.3 Å². The summed E-state index contributed by atoms with van der Waals surface area (Å²) < 4.78 is 13.6. The average Bonchev–Trinajstić information content (AvgIpc) is 2.81. The van der Waals surface area contributed by atoms with Crippen LogP contribution in [0.25, 0.3) is 0 Å². The Morgan fingerprint density at radius 2 is 2.18 bits per heavy atom. The van der Waals surface area contributed by atoms with E-state index in [1.807, 2.05) is 23.4 Å². The molecule has 2 rings (SSSR count).